The smallest absolute Gasteiger partial charge is 0.348 e. The van der Waals surface area contributed by atoms with E-state index in [9.17, 15) is 10.1 Å². The lowest BCUT2D eigenvalue weighted by Crippen LogP contribution is -2.11. The first-order valence-corrected chi connectivity index (χ1v) is 9.01. The van der Waals surface area contributed by atoms with Gasteiger partial charge in [0, 0.05) is 23.9 Å². The molecule has 0 unspecified atom stereocenters. The Balaban J connectivity index is 2.02. The van der Waals surface area contributed by atoms with E-state index in [-0.39, 0.29) is 12.2 Å². The highest BCUT2D eigenvalue weighted by atomic mass is 16.6. The van der Waals surface area contributed by atoms with Crippen molar-refractivity contribution in [1.29, 1.82) is 5.26 Å². The van der Waals surface area contributed by atoms with Crippen molar-refractivity contribution in [3.05, 3.63) is 71.1 Å². The van der Waals surface area contributed by atoms with Gasteiger partial charge in [-0.2, -0.15) is 5.26 Å². The second-order valence-corrected chi connectivity index (χ2v) is 6.46. The van der Waals surface area contributed by atoms with Crippen LogP contribution in [0.1, 0.15) is 17.0 Å². The third-order valence-corrected chi connectivity index (χ3v) is 4.64. The second kappa shape index (κ2) is 8.55. The zero-order chi connectivity index (χ0) is 20.1. The molecule has 142 valence electrons. The number of carbonyl (C=O) groups is 1. The predicted octanol–water partition coefficient (Wildman–Crippen LogP) is 4.34. The van der Waals surface area contributed by atoms with Gasteiger partial charge in [-0.1, -0.05) is 36.4 Å². The summed E-state index contributed by atoms with van der Waals surface area (Å²) in [4.78, 5) is 12.1. The van der Waals surface area contributed by atoms with Crippen LogP contribution in [-0.4, -0.2) is 30.9 Å². The largest absolute Gasteiger partial charge is 0.459 e. The summed E-state index contributed by atoms with van der Waals surface area (Å²) >= 11 is 0. The molecule has 0 saturated heterocycles. The van der Waals surface area contributed by atoms with Gasteiger partial charge < -0.3 is 14.0 Å². The van der Waals surface area contributed by atoms with Gasteiger partial charge in [0.1, 0.15) is 18.2 Å². The SMILES string of the molecule is COCCOC(=O)/C(C#N)=C\c1cc(C)n(-c2cccc3ccccc23)c1C. The Hall–Kier alpha value is -3.36. The van der Waals surface area contributed by atoms with E-state index in [0.717, 1.165) is 33.4 Å². The number of aromatic nitrogens is 1. The Morgan fingerprint density at radius 2 is 1.89 bits per heavy atom. The van der Waals surface area contributed by atoms with Crippen molar-refractivity contribution in [1.82, 2.24) is 4.57 Å². The molecule has 5 heteroatoms. The average molecular weight is 374 g/mol. The highest BCUT2D eigenvalue weighted by molar-refractivity contribution is 5.98. The van der Waals surface area contributed by atoms with Gasteiger partial charge in [-0.3, -0.25) is 0 Å². The number of benzene rings is 2. The molecule has 1 heterocycles. The molecule has 3 rings (SSSR count). The molecular weight excluding hydrogens is 352 g/mol. The Kier molecular flexibility index (Phi) is 5.93. The topological polar surface area (TPSA) is 64.2 Å². The van der Waals surface area contributed by atoms with Crippen LogP contribution in [0.15, 0.2) is 54.1 Å². The van der Waals surface area contributed by atoms with Crippen LogP contribution in [0.25, 0.3) is 22.5 Å². The first-order chi connectivity index (χ1) is 13.6. The van der Waals surface area contributed by atoms with E-state index >= 15 is 0 Å². The number of carbonyl (C=O) groups excluding carboxylic acids is 1. The van der Waals surface area contributed by atoms with Gasteiger partial charge >= 0.3 is 5.97 Å². The van der Waals surface area contributed by atoms with Crippen LogP contribution in [-0.2, 0) is 14.3 Å². The lowest BCUT2D eigenvalue weighted by Gasteiger charge is -2.13. The van der Waals surface area contributed by atoms with Crippen molar-refractivity contribution in [2.24, 2.45) is 0 Å². The summed E-state index contributed by atoms with van der Waals surface area (Å²) in [6.07, 6.45) is 1.58. The molecule has 0 atom stereocenters. The summed E-state index contributed by atoms with van der Waals surface area (Å²) in [5.74, 6) is -0.644. The zero-order valence-electron chi connectivity index (χ0n) is 16.2. The molecule has 0 N–H and O–H groups in total. The number of ether oxygens (including phenoxy) is 2. The third kappa shape index (κ3) is 3.83. The minimum Gasteiger partial charge on any atom is -0.459 e. The summed E-state index contributed by atoms with van der Waals surface area (Å²) in [6, 6.07) is 18.3. The molecular formula is C23H22N2O3. The van der Waals surface area contributed by atoms with E-state index in [4.69, 9.17) is 9.47 Å². The van der Waals surface area contributed by atoms with Gasteiger partial charge in [0.25, 0.3) is 0 Å². The van der Waals surface area contributed by atoms with Crippen LogP contribution < -0.4 is 0 Å². The van der Waals surface area contributed by atoms with Crippen LogP contribution in [0, 0.1) is 25.2 Å². The van der Waals surface area contributed by atoms with Crippen LogP contribution in [0.2, 0.25) is 0 Å². The molecule has 0 saturated carbocycles. The number of hydrogen-bond acceptors (Lipinski definition) is 4. The van der Waals surface area contributed by atoms with Gasteiger partial charge in [0.05, 0.1) is 12.3 Å². The molecule has 0 fully saturated rings. The molecule has 0 radical (unpaired) electrons. The quantitative estimate of drug-likeness (QED) is 0.279. The van der Waals surface area contributed by atoms with E-state index < -0.39 is 5.97 Å². The standard InChI is InChI=1S/C23H22N2O3/c1-16-13-19(14-20(15-24)23(26)28-12-11-27-3)17(2)25(16)22-10-6-8-18-7-4-5-9-21(18)22/h4-10,13-14H,11-12H2,1-3H3/b20-14-. The van der Waals surface area contributed by atoms with Crippen LogP contribution in [0.5, 0.6) is 0 Å². The van der Waals surface area contributed by atoms with Gasteiger partial charge in [-0.25, -0.2) is 4.79 Å². The van der Waals surface area contributed by atoms with E-state index in [1.807, 2.05) is 44.2 Å². The van der Waals surface area contributed by atoms with Crippen molar-refractivity contribution < 1.29 is 14.3 Å². The highest BCUT2D eigenvalue weighted by Crippen LogP contribution is 2.28. The first kappa shape index (κ1) is 19.4. The number of methoxy groups -OCH3 is 1. The van der Waals surface area contributed by atoms with Crippen LogP contribution in [0.3, 0.4) is 0 Å². The van der Waals surface area contributed by atoms with Crippen molar-refractivity contribution in [3.8, 4) is 11.8 Å². The number of rotatable bonds is 6. The van der Waals surface area contributed by atoms with Gasteiger partial charge in [0.15, 0.2) is 0 Å². The molecule has 0 amide bonds. The van der Waals surface area contributed by atoms with Crippen molar-refractivity contribution >= 4 is 22.8 Å². The van der Waals surface area contributed by atoms with Gasteiger partial charge in [-0.05, 0) is 43.0 Å². The lowest BCUT2D eigenvalue weighted by atomic mass is 10.1. The fourth-order valence-electron chi connectivity index (χ4n) is 3.30. The molecule has 0 aliphatic rings. The zero-order valence-corrected chi connectivity index (χ0v) is 16.2. The molecule has 0 spiro atoms. The maximum absolute atomic E-state index is 12.1. The molecule has 0 bridgehead atoms. The number of hydrogen-bond donors (Lipinski definition) is 0. The number of esters is 1. The molecule has 1 aromatic heterocycles. The predicted molar refractivity (Wildman–Crippen MR) is 109 cm³/mol. The molecule has 2 aromatic carbocycles. The van der Waals surface area contributed by atoms with Gasteiger partial charge in [0.2, 0.25) is 0 Å². The second-order valence-electron chi connectivity index (χ2n) is 6.46. The summed E-state index contributed by atoms with van der Waals surface area (Å²) in [7, 11) is 1.52. The maximum atomic E-state index is 12.1. The van der Waals surface area contributed by atoms with E-state index in [0.29, 0.717) is 6.61 Å². The summed E-state index contributed by atoms with van der Waals surface area (Å²) in [6.45, 7) is 4.39. The summed E-state index contributed by atoms with van der Waals surface area (Å²) < 4.78 is 12.1. The average Bonchev–Trinajstić information content (AvgIpc) is 2.98. The fraction of sp³-hybridized carbons (Fsp3) is 0.217. The molecule has 3 aromatic rings. The maximum Gasteiger partial charge on any atom is 0.348 e. The number of fused-ring (bicyclic) bond motifs is 1. The van der Waals surface area contributed by atoms with Crippen molar-refractivity contribution in [2.45, 2.75) is 13.8 Å². The lowest BCUT2D eigenvalue weighted by molar-refractivity contribution is -0.139. The Morgan fingerprint density at radius 3 is 2.64 bits per heavy atom. The van der Waals surface area contributed by atoms with Crippen LogP contribution in [0.4, 0.5) is 0 Å². The molecule has 28 heavy (non-hydrogen) atoms. The van der Waals surface area contributed by atoms with Crippen molar-refractivity contribution in [2.75, 3.05) is 20.3 Å². The van der Waals surface area contributed by atoms with Crippen molar-refractivity contribution in [3.63, 3.8) is 0 Å². The third-order valence-electron chi connectivity index (χ3n) is 4.64. The van der Waals surface area contributed by atoms with E-state index in [1.165, 1.54) is 7.11 Å². The highest BCUT2D eigenvalue weighted by Gasteiger charge is 2.15. The number of aryl methyl sites for hydroxylation is 1. The Morgan fingerprint density at radius 1 is 1.14 bits per heavy atom. The Labute approximate surface area is 164 Å². The van der Waals surface area contributed by atoms with E-state index in [1.54, 1.807) is 6.08 Å². The minimum atomic E-state index is -0.644. The normalized spacial score (nSPS) is 11.4. The first-order valence-electron chi connectivity index (χ1n) is 9.01. The molecule has 0 aliphatic carbocycles. The summed E-state index contributed by atoms with van der Waals surface area (Å²) in [5, 5.41) is 11.7. The van der Waals surface area contributed by atoms with E-state index in [2.05, 4.69) is 28.8 Å². The molecule has 5 nitrogen and oxygen atoms in total. The minimum absolute atomic E-state index is 0.0331. The number of nitrogens with zero attached hydrogens (tertiary/aromatic N) is 2. The van der Waals surface area contributed by atoms with Crippen LogP contribution >= 0.6 is 0 Å². The Bertz CT molecular complexity index is 1080. The number of nitriles is 1. The summed E-state index contributed by atoms with van der Waals surface area (Å²) in [5.41, 5.74) is 3.81. The monoisotopic (exact) mass is 374 g/mol. The molecule has 0 aliphatic heterocycles. The van der Waals surface area contributed by atoms with Gasteiger partial charge in [-0.15, -0.1) is 0 Å². The fourth-order valence-corrected chi connectivity index (χ4v) is 3.30.